The molecule has 2 heterocycles. The van der Waals surface area contributed by atoms with Crippen LogP contribution in [-0.2, 0) is 4.79 Å². The normalized spacial score (nSPS) is 13.0. The lowest BCUT2D eigenvalue weighted by Gasteiger charge is -2.19. The second-order valence-electron chi connectivity index (χ2n) is 5.95. The van der Waals surface area contributed by atoms with Gasteiger partial charge in [0, 0.05) is 24.7 Å². The summed E-state index contributed by atoms with van der Waals surface area (Å²) in [5.41, 5.74) is 1.68. The molecule has 1 amide bonds. The summed E-state index contributed by atoms with van der Waals surface area (Å²) in [6.07, 6.45) is 1.55. The first kappa shape index (κ1) is 19.5. The largest absolute Gasteiger partial charge is 0.486 e. The standard InChI is InChI=1S/C19H19N5O3S/c1-11(21)15(9-22-2)23-18(25)10-28-19-13(8-20)5-12-6-16-17(7-14(12)24-19)27-4-3-26-16/h5-7,9,21-22H,3-4,10H2,1-2H3,(H,23,25)/b15-9+,21-11?. The van der Waals surface area contributed by atoms with Crippen LogP contribution in [0.3, 0.4) is 0 Å². The first-order chi connectivity index (χ1) is 13.5. The van der Waals surface area contributed by atoms with Crippen molar-refractivity contribution in [1.82, 2.24) is 15.6 Å². The van der Waals surface area contributed by atoms with Crippen LogP contribution in [0.2, 0.25) is 0 Å². The minimum Gasteiger partial charge on any atom is -0.486 e. The van der Waals surface area contributed by atoms with Crippen LogP contribution in [0.15, 0.2) is 35.1 Å². The van der Waals surface area contributed by atoms with Crippen molar-refractivity contribution in [3.63, 3.8) is 0 Å². The molecule has 1 aliphatic heterocycles. The Labute approximate surface area is 166 Å². The molecule has 0 saturated heterocycles. The van der Waals surface area contributed by atoms with Crippen molar-refractivity contribution in [2.24, 2.45) is 0 Å². The number of benzene rings is 1. The van der Waals surface area contributed by atoms with E-state index in [0.29, 0.717) is 46.5 Å². The molecule has 144 valence electrons. The summed E-state index contributed by atoms with van der Waals surface area (Å²) in [4.78, 5) is 16.7. The van der Waals surface area contributed by atoms with Gasteiger partial charge in [-0.1, -0.05) is 11.8 Å². The SMILES string of the molecule is CN/C=C(/NC(=O)CSc1nc2cc3c(cc2cc1C#N)OCCO3)C(C)=N. The highest BCUT2D eigenvalue weighted by Gasteiger charge is 2.16. The van der Waals surface area contributed by atoms with Crippen molar-refractivity contribution in [3.8, 4) is 17.6 Å². The van der Waals surface area contributed by atoms with E-state index in [2.05, 4.69) is 21.7 Å². The number of nitrogens with one attached hydrogen (secondary N) is 3. The van der Waals surface area contributed by atoms with E-state index in [-0.39, 0.29) is 17.4 Å². The van der Waals surface area contributed by atoms with Gasteiger partial charge in [-0.15, -0.1) is 0 Å². The number of carbonyl (C=O) groups excluding carboxylic acids is 1. The molecule has 1 aromatic heterocycles. The molecule has 0 fully saturated rings. The lowest BCUT2D eigenvalue weighted by molar-refractivity contribution is -0.117. The zero-order chi connectivity index (χ0) is 20.1. The Morgan fingerprint density at radius 2 is 2.07 bits per heavy atom. The zero-order valence-electron chi connectivity index (χ0n) is 15.5. The van der Waals surface area contributed by atoms with Crippen molar-refractivity contribution in [1.29, 1.82) is 10.7 Å². The number of thioether (sulfide) groups is 1. The number of rotatable bonds is 6. The van der Waals surface area contributed by atoms with E-state index >= 15 is 0 Å². The number of pyridine rings is 1. The van der Waals surface area contributed by atoms with Gasteiger partial charge in [-0.25, -0.2) is 4.98 Å². The molecule has 1 aliphatic rings. The predicted octanol–water partition coefficient (Wildman–Crippen LogP) is 2.19. The average Bonchev–Trinajstić information content (AvgIpc) is 2.69. The molecular formula is C19H19N5O3S. The number of ether oxygens (including phenoxy) is 2. The Bertz CT molecular complexity index is 1010. The van der Waals surface area contributed by atoms with Crippen LogP contribution in [0, 0.1) is 16.7 Å². The van der Waals surface area contributed by atoms with Gasteiger partial charge < -0.3 is 25.5 Å². The summed E-state index contributed by atoms with van der Waals surface area (Å²) in [6.45, 7) is 2.55. The van der Waals surface area contributed by atoms with Gasteiger partial charge in [-0.2, -0.15) is 5.26 Å². The molecule has 0 atom stereocenters. The summed E-state index contributed by atoms with van der Waals surface area (Å²) in [7, 11) is 1.69. The number of nitriles is 1. The number of nitrogens with zero attached hydrogens (tertiary/aromatic N) is 2. The first-order valence-corrected chi connectivity index (χ1v) is 9.50. The molecular weight excluding hydrogens is 378 g/mol. The molecule has 0 unspecified atom stereocenters. The van der Waals surface area contributed by atoms with E-state index in [1.54, 1.807) is 38.4 Å². The highest BCUT2D eigenvalue weighted by molar-refractivity contribution is 8.00. The van der Waals surface area contributed by atoms with Crippen LogP contribution < -0.4 is 20.1 Å². The summed E-state index contributed by atoms with van der Waals surface area (Å²) in [6, 6.07) is 7.44. The summed E-state index contributed by atoms with van der Waals surface area (Å²) < 4.78 is 11.2. The fourth-order valence-electron chi connectivity index (χ4n) is 2.59. The molecule has 3 rings (SSSR count). The predicted molar refractivity (Wildman–Crippen MR) is 107 cm³/mol. The third-order valence-electron chi connectivity index (χ3n) is 3.87. The first-order valence-electron chi connectivity index (χ1n) is 8.52. The van der Waals surface area contributed by atoms with Gasteiger partial charge in [0.2, 0.25) is 5.91 Å². The van der Waals surface area contributed by atoms with E-state index in [9.17, 15) is 10.1 Å². The van der Waals surface area contributed by atoms with Crippen LogP contribution in [0.25, 0.3) is 10.9 Å². The Morgan fingerprint density at radius 3 is 2.71 bits per heavy atom. The van der Waals surface area contributed by atoms with Gasteiger partial charge in [-0.3, -0.25) is 4.79 Å². The van der Waals surface area contributed by atoms with E-state index in [4.69, 9.17) is 14.9 Å². The maximum absolute atomic E-state index is 12.2. The summed E-state index contributed by atoms with van der Waals surface area (Å²) in [5, 5.41) is 23.8. The molecule has 2 aromatic rings. The Morgan fingerprint density at radius 1 is 1.36 bits per heavy atom. The highest BCUT2D eigenvalue weighted by atomic mass is 32.2. The van der Waals surface area contributed by atoms with E-state index in [1.165, 1.54) is 11.8 Å². The molecule has 0 saturated carbocycles. The Balaban J connectivity index is 1.80. The van der Waals surface area contributed by atoms with Crippen molar-refractivity contribution in [2.75, 3.05) is 26.0 Å². The summed E-state index contributed by atoms with van der Waals surface area (Å²) in [5.74, 6) is 1.03. The van der Waals surface area contributed by atoms with Gasteiger partial charge in [-0.05, 0) is 19.1 Å². The van der Waals surface area contributed by atoms with Crippen LogP contribution in [0.4, 0.5) is 0 Å². The molecule has 1 aromatic carbocycles. The van der Waals surface area contributed by atoms with Gasteiger partial charge in [0.25, 0.3) is 0 Å². The number of carbonyl (C=O) groups is 1. The Hall–Kier alpha value is -3.25. The maximum Gasteiger partial charge on any atom is 0.234 e. The molecule has 28 heavy (non-hydrogen) atoms. The van der Waals surface area contributed by atoms with Crippen LogP contribution in [-0.4, -0.2) is 42.6 Å². The molecule has 0 spiro atoms. The number of amides is 1. The molecule has 0 bridgehead atoms. The number of fused-ring (bicyclic) bond motifs is 2. The van der Waals surface area contributed by atoms with Crippen LogP contribution in [0.5, 0.6) is 11.5 Å². The second kappa shape index (κ2) is 8.63. The fraction of sp³-hybridized carbons (Fsp3) is 0.263. The molecule has 0 aliphatic carbocycles. The van der Waals surface area contributed by atoms with E-state index in [0.717, 1.165) is 5.39 Å². The molecule has 8 nitrogen and oxygen atoms in total. The molecule has 3 N–H and O–H groups in total. The summed E-state index contributed by atoms with van der Waals surface area (Å²) >= 11 is 1.17. The second-order valence-corrected chi connectivity index (χ2v) is 6.91. The average molecular weight is 397 g/mol. The van der Waals surface area contributed by atoms with Gasteiger partial charge in [0.05, 0.1) is 28.2 Å². The topological polar surface area (TPSA) is 120 Å². The fourth-order valence-corrected chi connectivity index (χ4v) is 3.35. The van der Waals surface area contributed by atoms with E-state index < -0.39 is 0 Å². The van der Waals surface area contributed by atoms with Crippen molar-refractivity contribution < 1.29 is 14.3 Å². The zero-order valence-corrected chi connectivity index (χ0v) is 16.3. The monoisotopic (exact) mass is 397 g/mol. The van der Waals surface area contributed by atoms with Crippen molar-refractivity contribution in [2.45, 2.75) is 11.9 Å². The number of aromatic nitrogens is 1. The van der Waals surface area contributed by atoms with E-state index in [1.807, 2.05) is 0 Å². The van der Waals surface area contributed by atoms with Gasteiger partial charge >= 0.3 is 0 Å². The van der Waals surface area contributed by atoms with Gasteiger partial charge in [0.15, 0.2) is 11.5 Å². The number of allylic oxidation sites excluding steroid dienone is 1. The minimum atomic E-state index is -0.286. The van der Waals surface area contributed by atoms with Crippen LogP contribution in [0.1, 0.15) is 12.5 Å². The van der Waals surface area contributed by atoms with Crippen LogP contribution >= 0.6 is 11.8 Å². The quantitative estimate of drug-likeness (QED) is 0.505. The Kier molecular flexibility index (Phi) is 6.01. The third-order valence-corrected chi connectivity index (χ3v) is 4.86. The number of hydrogen-bond donors (Lipinski definition) is 3. The maximum atomic E-state index is 12.2. The highest BCUT2D eigenvalue weighted by Crippen LogP contribution is 2.35. The lowest BCUT2D eigenvalue weighted by atomic mass is 10.1. The smallest absolute Gasteiger partial charge is 0.234 e. The van der Waals surface area contributed by atoms with Crippen molar-refractivity contribution >= 4 is 34.3 Å². The van der Waals surface area contributed by atoms with Gasteiger partial charge in [0.1, 0.15) is 24.3 Å². The molecule has 9 heteroatoms. The molecule has 0 radical (unpaired) electrons. The lowest BCUT2D eigenvalue weighted by Crippen LogP contribution is -2.28. The third kappa shape index (κ3) is 4.35. The number of hydrogen-bond acceptors (Lipinski definition) is 8. The minimum absolute atomic E-state index is 0.0616. The van der Waals surface area contributed by atoms with Crippen molar-refractivity contribution in [3.05, 3.63) is 35.7 Å².